The normalized spacial score (nSPS) is 17.5. The van der Waals surface area contributed by atoms with Crippen LogP contribution in [-0.4, -0.2) is 72.3 Å². The van der Waals surface area contributed by atoms with Crippen molar-refractivity contribution in [2.45, 2.75) is 44.6 Å². The van der Waals surface area contributed by atoms with Gasteiger partial charge in [0.15, 0.2) is 5.65 Å². The van der Waals surface area contributed by atoms with Crippen molar-refractivity contribution in [1.82, 2.24) is 19.9 Å². The van der Waals surface area contributed by atoms with E-state index in [1.165, 1.54) is 18.4 Å². The molecule has 0 spiro atoms. The number of hydrogen-bond donors (Lipinski definition) is 2. The first-order valence-electron chi connectivity index (χ1n) is 12.4. The quantitative estimate of drug-likeness (QED) is 0.502. The summed E-state index contributed by atoms with van der Waals surface area (Å²) < 4.78 is 13.6. The third kappa shape index (κ3) is 4.89. The first-order chi connectivity index (χ1) is 16.5. The molecule has 8 heteroatoms. The monoisotopic (exact) mass is 465 g/mol. The van der Waals surface area contributed by atoms with Crippen molar-refractivity contribution in [1.29, 1.82) is 0 Å². The maximum atomic E-state index is 10.1. The molecule has 5 rings (SSSR count). The maximum absolute atomic E-state index is 10.1. The lowest BCUT2D eigenvalue weighted by atomic mass is 10.0. The first-order valence-corrected chi connectivity index (χ1v) is 12.4. The van der Waals surface area contributed by atoms with E-state index in [-0.39, 0.29) is 6.61 Å². The number of ether oxygens (including phenoxy) is 2. The maximum Gasteiger partial charge on any atom is 0.161 e. The van der Waals surface area contributed by atoms with Gasteiger partial charge in [-0.05, 0) is 55.5 Å². The molecule has 1 atom stereocenters. The number of hydrogen-bond acceptors (Lipinski definition) is 7. The van der Waals surface area contributed by atoms with Crippen molar-refractivity contribution in [2.75, 3.05) is 51.4 Å². The lowest BCUT2D eigenvalue weighted by molar-refractivity contribution is 0.108. The van der Waals surface area contributed by atoms with E-state index >= 15 is 0 Å². The predicted molar refractivity (Wildman–Crippen MR) is 133 cm³/mol. The molecule has 34 heavy (non-hydrogen) atoms. The molecule has 2 aliphatic rings. The molecule has 3 heterocycles. The number of morpholine rings is 1. The van der Waals surface area contributed by atoms with Crippen molar-refractivity contribution in [2.24, 2.45) is 0 Å². The van der Waals surface area contributed by atoms with Crippen molar-refractivity contribution in [3.05, 3.63) is 41.6 Å². The van der Waals surface area contributed by atoms with Crippen LogP contribution in [0.2, 0.25) is 0 Å². The van der Waals surface area contributed by atoms with Crippen LogP contribution in [0, 0.1) is 0 Å². The highest BCUT2D eigenvalue weighted by Crippen LogP contribution is 2.43. The molecular formula is C26H35N5O3. The predicted octanol–water partition coefficient (Wildman–Crippen LogP) is 3.19. The van der Waals surface area contributed by atoms with Gasteiger partial charge in [-0.1, -0.05) is 13.8 Å². The zero-order valence-electron chi connectivity index (χ0n) is 20.3. The molecule has 2 fully saturated rings. The Morgan fingerprint density at radius 1 is 1.18 bits per heavy atom. The van der Waals surface area contributed by atoms with E-state index in [0.717, 1.165) is 47.1 Å². The Morgan fingerprint density at radius 3 is 2.68 bits per heavy atom. The molecule has 1 unspecified atom stereocenters. The van der Waals surface area contributed by atoms with Crippen LogP contribution < -0.4 is 15.0 Å². The van der Waals surface area contributed by atoms with Gasteiger partial charge in [0.1, 0.15) is 24.3 Å². The van der Waals surface area contributed by atoms with E-state index in [0.29, 0.717) is 31.6 Å². The molecule has 3 aromatic rings. The molecule has 1 aromatic carbocycles. The number of anilines is 1. The number of aliphatic hydroxyl groups is 1. The largest absolute Gasteiger partial charge is 0.491 e. The number of nitrogens with one attached hydrogen (secondary N) is 1. The van der Waals surface area contributed by atoms with Crippen molar-refractivity contribution in [3.8, 4) is 17.0 Å². The molecular weight excluding hydrogens is 430 g/mol. The average Bonchev–Trinajstić information content (AvgIpc) is 3.61. The Morgan fingerprint density at radius 2 is 1.97 bits per heavy atom. The molecule has 1 saturated carbocycles. The van der Waals surface area contributed by atoms with Gasteiger partial charge >= 0.3 is 0 Å². The summed E-state index contributed by atoms with van der Waals surface area (Å²) in [4.78, 5) is 7.42. The van der Waals surface area contributed by atoms with E-state index in [9.17, 15) is 5.11 Å². The number of aliphatic hydroxyl groups excluding tert-OH is 1. The lowest BCUT2D eigenvalue weighted by Gasteiger charge is -2.29. The zero-order valence-corrected chi connectivity index (χ0v) is 20.3. The van der Waals surface area contributed by atoms with Crippen LogP contribution in [0.3, 0.4) is 0 Å². The standard InChI is InChI=1S/C26H35N5O3/c1-17(2)23-15-28-31-25(30-6-8-33-9-7-30)13-24(29-26(23)31)20-10-19(18-4-5-18)11-22(12-20)34-16-21(32)14-27-3/h10-13,15,17-18,21,27,32H,4-9,14,16H2,1-3H3. The van der Waals surface area contributed by atoms with Crippen molar-refractivity contribution >= 4 is 11.5 Å². The van der Waals surface area contributed by atoms with Crippen LogP contribution in [0.4, 0.5) is 5.82 Å². The van der Waals surface area contributed by atoms with E-state index in [4.69, 9.17) is 19.6 Å². The smallest absolute Gasteiger partial charge is 0.161 e. The van der Waals surface area contributed by atoms with Gasteiger partial charge in [-0.15, -0.1) is 0 Å². The summed E-state index contributed by atoms with van der Waals surface area (Å²) in [6.45, 7) is 8.18. The summed E-state index contributed by atoms with van der Waals surface area (Å²) in [5.74, 6) is 2.72. The number of fused-ring (bicyclic) bond motifs is 1. The van der Waals surface area contributed by atoms with Gasteiger partial charge < -0.3 is 24.8 Å². The fraction of sp³-hybridized carbons (Fsp3) is 0.538. The van der Waals surface area contributed by atoms with Crippen molar-refractivity contribution in [3.63, 3.8) is 0 Å². The average molecular weight is 466 g/mol. The number of likely N-dealkylation sites (N-methyl/N-ethyl adjacent to an activating group) is 1. The molecule has 0 amide bonds. The number of benzene rings is 1. The Kier molecular flexibility index (Phi) is 6.72. The van der Waals surface area contributed by atoms with Crippen LogP contribution in [0.25, 0.3) is 16.9 Å². The van der Waals surface area contributed by atoms with Gasteiger partial charge in [0.2, 0.25) is 0 Å². The number of rotatable bonds is 9. The molecule has 0 bridgehead atoms. The van der Waals surface area contributed by atoms with Crippen LogP contribution in [0.5, 0.6) is 5.75 Å². The van der Waals surface area contributed by atoms with E-state index < -0.39 is 6.10 Å². The summed E-state index contributed by atoms with van der Waals surface area (Å²) >= 11 is 0. The number of nitrogens with zero attached hydrogens (tertiary/aromatic N) is 4. The van der Waals surface area contributed by atoms with E-state index in [1.54, 1.807) is 0 Å². The third-order valence-corrected chi connectivity index (χ3v) is 6.59. The number of aromatic nitrogens is 3. The minimum atomic E-state index is -0.555. The second-order valence-corrected chi connectivity index (χ2v) is 9.68. The second-order valence-electron chi connectivity index (χ2n) is 9.68. The van der Waals surface area contributed by atoms with Gasteiger partial charge in [0, 0.05) is 36.8 Å². The van der Waals surface area contributed by atoms with E-state index in [1.807, 2.05) is 23.8 Å². The Labute approximate surface area is 200 Å². The highest BCUT2D eigenvalue weighted by atomic mass is 16.5. The summed E-state index contributed by atoms with van der Waals surface area (Å²) in [5.41, 5.74) is 5.27. The molecule has 0 radical (unpaired) electrons. The van der Waals surface area contributed by atoms with Crippen LogP contribution in [0.15, 0.2) is 30.5 Å². The van der Waals surface area contributed by atoms with Gasteiger partial charge in [-0.25, -0.2) is 4.98 Å². The first kappa shape index (κ1) is 23.1. The van der Waals surface area contributed by atoms with Crippen molar-refractivity contribution < 1.29 is 14.6 Å². The minimum Gasteiger partial charge on any atom is -0.491 e. The molecule has 1 saturated heterocycles. The fourth-order valence-corrected chi connectivity index (χ4v) is 4.53. The summed E-state index contributed by atoms with van der Waals surface area (Å²) in [7, 11) is 1.82. The van der Waals surface area contributed by atoms with Crippen LogP contribution in [-0.2, 0) is 4.74 Å². The molecule has 8 nitrogen and oxygen atoms in total. The highest BCUT2D eigenvalue weighted by molar-refractivity contribution is 5.70. The minimum absolute atomic E-state index is 0.250. The van der Waals surface area contributed by atoms with Crippen LogP contribution >= 0.6 is 0 Å². The summed E-state index contributed by atoms with van der Waals surface area (Å²) in [5, 5.41) is 17.8. The Bertz CT molecular complexity index is 1130. The topological polar surface area (TPSA) is 84.1 Å². The highest BCUT2D eigenvalue weighted by Gasteiger charge is 2.26. The lowest BCUT2D eigenvalue weighted by Crippen LogP contribution is -2.37. The van der Waals surface area contributed by atoms with Gasteiger partial charge in [0.05, 0.1) is 25.1 Å². The van der Waals surface area contributed by atoms with Gasteiger partial charge in [0.25, 0.3) is 0 Å². The summed E-state index contributed by atoms with van der Waals surface area (Å²) in [6.07, 6.45) is 3.80. The SMILES string of the molecule is CNCC(O)COc1cc(-c2cc(N3CCOCC3)n3ncc(C(C)C)c3n2)cc(C2CC2)c1. The molecule has 1 aliphatic heterocycles. The Balaban J connectivity index is 1.57. The Hall–Kier alpha value is -2.68. The third-order valence-electron chi connectivity index (χ3n) is 6.59. The zero-order chi connectivity index (χ0) is 23.7. The molecule has 1 aliphatic carbocycles. The van der Waals surface area contributed by atoms with Gasteiger partial charge in [-0.3, -0.25) is 0 Å². The molecule has 2 aromatic heterocycles. The fourth-order valence-electron chi connectivity index (χ4n) is 4.53. The van der Waals surface area contributed by atoms with Crippen LogP contribution in [0.1, 0.15) is 49.7 Å². The summed E-state index contributed by atoms with van der Waals surface area (Å²) in [6, 6.07) is 8.56. The van der Waals surface area contributed by atoms with Gasteiger partial charge in [-0.2, -0.15) is 9.61 Å². The molecule has 2 N–H and O–H groups in total. The second kappa shape index (κ2) is 9.90. The molecule has 182 valence electrons. The van der Waals surface area contributed by atoms with E-state index in [2.05, 4.69) is 42.3 Å².